The van der Waals surface area contributed by atoms with Gasteiger partial charge in [-0.1, -0.05) is 13.8 Å². The van der Waals surface area contributed by atoms with Gasteiger partial charge in [-0.05, 0) is 18.9 Å². The lowest BCUT2D eigenvalue weighted by Crippen LogP contribution is -2.18. The van der Waals surface area contributed by atoms with E-state index in [1.165, 1.54) is 0 Å². The number of rotatable bonds is 4. The van der Waals surface area contributed by atoms with E-state index in [1.807, 2.05) is 30.2 Å². The molecular formula is C12H18N4. The number of fused-ring (bicyclic) bond motifs is 1. The molecule has 0 unspecified atom stereocenters. The Morgan fingerprint density at radius 3 is 2.75 bits per heavy atom. The predicted molar refractivity (Wildman–Crippen MR) is 66.5 cm³/mol. The van der Waals surface area contributed by atoms with Gasteiger partial charge in [0.25, 0.3) is 0 Å². The lowest BCUT2D eigenvalue weighted by atomic mass is 10.2. The molecule has 0 radical (unpaired) electrons. The molecule has 1 N–H and O–H groups in total. The van der Waals surface area contributed by atoms with E-state index >= 15 is 0 Å². The van der Waals surface area contributed by atoms with Crippen molar-refractivity contribution in [1.29, 1.82) is 0 Å². The third-order valence-electron chi connectivity index (χ3n) is 2.97. The molecule has 86 valence electrons. The Kier molecular flexibility index (Phi) is 3.08. The van der Waals surface area contributed by atoms with Gasteiger partial charge in [-0.25, -0.2) is 9.97 Å². The Balaban J connectivity index is 2.37. The maximum atomic E-state index is 4.38. The lowest BCUT2D eigenvalue weighted by molar-refractivity contribution is 0.669. The molecule has 0 bridgehead atoms. The van der Waals surface area contributed by atoms with Crippen molar-refractivity contribution in [1.82, 2.24) is 14.5 Å². The monoisotopic (exact) mass is 218 g/mol. The molecule has 2 heterocycles. The number of nitrogens with one attached hydrogen (secondary N) is 1. The van der Waals surface area contributed by atoms with Crippen LogP contribution >= 0.6 is 0 Å². The highest BCUT2D eigenvalue weighted by Gasteiger charge is 2.09. The van der Waals surface area contributed by atoms with Gasteiger partial charge in [-0.2, -0.15) is 0 Å². The molecule has 0 amide bonds. The molecule has 0 saturated carbocycles. The third kappa shape index (κ3) is 1.87. The molecule has 2 aromatic heterocycles. The Labute approximate surface area is 95.7 Å². The van der Waals surface area contributed by atoms with Crippen molar-refractivity contribution in [3.05, 3.63) is 18.6 Å². The summed E-state index contributed by atoms with van der Waals surface area (Å²) in [4.78, 5) is 8.75. The van der Waals surface area contributed by atoms with E-state index in [9.17, 15) is 0 Å². The Bertz CT molecular complexity index is 471. The highest BCUT2D eigenvalue weighted by Crippen LogP contribution is 2.20. The summed E-state index contributed by atoms with van der Waals surface area (Å²) < 4.78 is 2.01. The number of hydrogen-bond acceptors (Lipinski definition) is 3. The van der Waals surface area contributed by atoms with Crippen LogP contribution in [0.25, 0.3) is 11.0 Å². The van der Waals surface area contributed by atoms with E-state index in [4.69, 9.17) is 0 Å². The minimum Gasteiger partial charge on any atom is -0.366 e. The fraction of sp³-hybridized carbons (Fsp3) is 0.500. The molecule has 0 atom stereocenters. The first-order valence-corrected chi connectivity index (χ1v) is 5.78. The van der Waals surface area contributed by atoms with Crippen LogP contribution in [-0.4, -0.2) is 20.6 Å². The van der Waals surface area contributed by atoms with Crippen molar-refractivity contribution in [3.8, 4) is 0 Å². The normalized spacial score (nSPS) is 11.2. The molecule has 0 aliphatic carbocycles. The van der Waals surface area contributed by atoms with Gasteiger partial charge in [-0.3, -0.25) is 0 Å². The molecule has 0 aliphatic rings. The van der Waals surface area contributed by atoms with E-state index in [-0.39, 0.29) is 0 Å². The Morgan fingerprint density at radius 2 is 2.06 bits per heavy atom. The molecule has 0 aromatic carbocycles. The number of aryl methyl sites for hydroxylation is 1. The molecule has 0 fully saturated rings. The van der Waals surface area contributed by atoms with Crippen molar-refractivity contribution in [2.24, 2.45) is 7.05 Å². The molecule has 4 nitrogen and oxygen atoms in total. The second-order valence-corrected chi connectivity index (χ2v) is 4.04. The van der Waals surface area contributed by atoms with E-state index in [0.29, 0.717) is 6.04 Å². The second-order valence-electron chi connectivity index (χ2n) is 4.04. The van der Waals surface area contributed by atoms with Gasteiger partial charge in [0.2, 0.25) is 0 Å². The Morgan fingerprint density at radius 1 is 1.31 bits per heavy atom. The summed E-state index contributed by atoms with van der Waals surface area (Å²) in [6.45, 7) is 4.36. The molecular weight excluding hydrogens is 200 g/mol. The SMILES string of the molecule is CCC(CC)Nc1nccc2c1ncn2C. The number of imidazole rings is 1. The standard InChI is InChI=1S/C12H18N4/c1-4-9(5-2)15-12-11-10(6-7-13-12)16(3)8-14-11/h6-9H,4-5H2,1-3H3,(H,13,15). The Hall–Kier alpha value is -1.58. The summed E-state index contributed by atoms with van der Waals surface area (Å²) in [6.07, 6.45) is 5.85. The van der Waals surface area contributed by atoms with Crippen LogP contribution in [0.1, 0.15) is 26.7 Å². The van der Waals surface area contributed by atoms with Crippen LogP contribution in [0.5, 0.6) is 0 Å². The van der Waals surface area contributed by atoms with Crippen molar-refractivity contribution in [3.63, 3.8) is 0 Å². The molecule has 2 rings (SSSR count). The number of pyridine rings is 1. The van der Waals surface area contributed by atoms with Crippen molar-refractivity contribution >= 4 is 16.9 Å². The van der Waals surface area contributed by atoms with E-state index in [2.05, 4.69) is 29.1 Å². The van der Waals surface area contributed by atoms with Crippen LogP contribution in [0.15, 0.2) is 18.6 Å². The number of anilines is 1. The van der Waals surface area contributed by atoms with Gasteiger partial charge in [0.1, 0.15) is 5.52 Å². The predicted octanol–water partition coefficient (Wildman–Crippen LogP) is 2.57. The van der Waals surface area contributed by atoms with Gasteiger partial charge in [0.05, 0.1) is 11.8 Å². The molecule has 4 heteroatoms. The van der Waals surface area contributed by atoms with Crippen LogP contribution in [-0.2, 0) is 7.05 Å². The zero-order valence-electron chi connectivity index (χ0n) is 10.1. The van der Waals surface area contributed by atoms with Crippen molar-refractivity contribution in [2.45, 2.75) is 32.7 Å². The largest absolute Gasteiger partial charge is 0.366 e. The third-order valence-corrected chi connectivity index (χ3v) is 2.97. The summed E-state index contributed by atoms with van der Waals surface area (Å²) in [5.41, 5.74) is 2.07. The van der Waals surface area contributed by atoms with Gasteiger partial charge in [-0.15, -0.1) is 0 Å². The van der Waals surface area contributed by atoms with Crippen LogP contribution in [0.2, 0.25) is 0 Å². The van der Waals surface area contributed by atoms with E-state index < -0.39 is 0 Å². The van der Waals surface area contributed by atoms with Gasteiger partial charge < -0.3 is 9.88 Å². The summed E-state index contributed by atoms with van der Waals surface area (Å²) in [7, 11) is 2.00. The van der Waals surface area contributed by atoms with E-state index in [1.54, 1.807) is 0 Å². The van der Waals surface area contributed by atoms with Crippen LogP contribution < -0.4 is 5.32 Å². The van der Waals surface area contributed by atoms with E-state index in [0.717, 1.165) is 29.7 Å². The average Bonchev–Trinajstić information content (AvgIpc) is 2.69. The minimum absolute atomic E-state index is 0.472. The summed E-state index contributed by atoms with van der Waals surface area (Å²) in [5, 5.41) is 3.45. The zero-order valence-corrected chi connectivity index (χ0v) is 10.1. The quantitative estimate of drug-likeness (QED) is 0.857. The number of nitrogens with zero attached hydrogens (tertiary/aromatic N) is 3. The van der Waals surface area contributed by atoms with Crippen LogP contribution in [0.3, 0.4) is 0 Å². The number of hydrogen-bond donors (Lipinski definition) is 1. The molecule has 0 spiro atoms. The average molecular weight is 218 g/mol. The summed E-state index contributed by atoms with van der Waals surface area (Å²) in [5.74, 6) is 0.895. The summed E-state index contributed by atoms with van der Waals surface area (Å²) >= 11 is 0. The molecule has 0 saturated heterocycles. The number of aromatic nitrogens is 3. The van der Waals surface area contributed by atoms with Crippen molar-refractivity contribution in [2.75, 3.05) is 5.32 Å². The fourth-order valence-corrected chi connectivity index (χ4v) is 1.85. The van der Waals surface area contributed by atoms with Gasteiger partial charge >= 0.3 is 0 Å². The summed E-state index contributed by atoms with van der Waals surface area (Å²) in [6, 6.07) is 2.46. The first kappa shape index (κ1) is 10.9. The smallest absolute Gasteiger partial charge is 0.154 e. The fourth-order valence-electron chi connectivity index (χ4n) is 1.85. The first-order chi connectivity index (χ1) is 7.76. The maximum absolute atomic E-state index is 4.38. The maximum Gasteiger partial charge on any atom is 0.154 e. The van der Waals surface area contributed by atoms with Gasteiger partial charge in [0, 0.05) is 19.3 Å². The minimum atomic E-state index is 0.472. The topological polar surface area (TPSA) is 42.7 Å². The van der Waals surface area contributed by atoms with Crippen LogP contribution in [0, 0.1) is 0 Å². The first-order valence-electron chi connectivity index (χ1n) is 5.78. The van der Waals surface area contributed by atoms with Crippen LogP contribution in [0.4, 0.5) is 5.82 Å². The van der Waals surface area contributed by atoms with Gasteiger partial charge in [0.15, 0.2) is 5.82 Å². The molecule has 0 aliphatic heterocycles. The second kappa shape index (κ2) is 4.51. The zero-order chi connectivity index (χ0) is 11.5. The molecule has 2 aromatic rings. The molecule has 16 heavy (non-hydrogen) atoms. The highest BCUT2D eigenvalue weighted by molar-refractivity contribution is 5.85. The highest BCUT2D eigenvalue weighted by atomic mass is 15.1. The van der Waals surface area contributed by atoms with Crippen molar-refractivity contribution < 1.29 is 0 Å². The lowest BCUT2D eigenvalue weighted by Gasteiger charge is -2.15.